The van der Waals surface area contributed by atoms with Gasteiger partial charge in [0, 0.05) is 29.6 Å². The van der Waals surface area contributed by atoms with Crippen molar-refractivity contribution in [2.45, 2.75) is 45.1 Å². The smallest absolute Gasteiger partial charge is 0.263 e. The summed E-state index contributed by atoms with van der Waals surface area (Å²) in [6.07, 6.45) is 5.09. The van der Waals surface area contributed by atoms with Gasteiger partial charge in [-0.25, -0.2) is 0 Å². The van der Waals surface area contributed by atoms with Gasteiger partial charge in [0.1, 0.15) is 0 Å². The van der Waals surface area contributed by atoms with E-state index in [1.807, 2.05) is 36.1 Å². The van der Waals surface area contributed by atoms with Gasteiger partial charge in [-0.2, -0.15) is 0 Å². The number of likely N-dealkylation sites (tertiary alicyclic amines) is 1. The second-order valence-corrected chi connectivity index (χ2v) is 8.40. The maximum absolute atomic E-state index is 12.7. The number of thiophene rings is 1. The first-order valence-corrected chi connectivity index (χ1v) is 10.2. The predicted molar refractivity (Wildman–Crippen MR) is 104 cm³/mol. The maximum Gasteiger partial charge on any atom is 0.263 e. The average Bonchev–Trinajstić information content (AvgIpc) is 3.24. The summed E-state index contributed by atoms with van der Waals surface area (Å²) in [5.74, 6) is 0.149. The molecule has 1 aliphatic carbocycles. The first-order valence-electron chi connectivity index (χ1n) is 9.39. The molecular formula is C21H24N2O2S. The monoisotopic (exact) mass is 368 g/mol. The zero-order valence-electron chi connectivity index (χ0n) is 15.1. The number of hydrogen-bond donors (Lipinski definition) is 1. The van der Waals surface area contributed by atoms with Crippen LogP contribution in [0.1, 0.15) is 55.3 Å². The normalized spacial score (nSPS) is 17.2. The summed E-state index contributed by atoms with van der Waals surface area (Å²) >= 11 is 1.67. The number of carbonyl (C=O) groups is 2. The van der Waals surface area contributed by atoms with Gasteiger partial charge < -0.3 is 10.2 Å². The van der Waals surface area contributed by atoms with Crippen molar-refractivity contribution in [3.05, 3.63) is 56.8 Å². The van der Waals surface area contributed by atoms with Crippen molar-refractivity contribution in [1.82, 2.24) is 10.2 Å². The number of piperidine rings is 1. The molecule has 0 unspecified atom stereocenters. The van der Waals surface area contributed by atoms with Crippen molar-refractivity contribution in [1.29, 1.82) is 0 Å². The molecule has 1 saturated heterocycles. The zero-order valence-corrected chi connectivity index (χ0v) is 15.9. The molecule has 1 fully saturated rings. The number of aryl methyl sites for hydroxylation is 3. The van der Waals surface area contributed by atoms with Gasteiger partial charge in [-0.3, -0.25) is 9.59 Å². The number of fused-ring (bicyclic) bond motifs is 1. The molecule has 5 heteroatoms. The molecular weight excluding hydrogens is 344 g/mol. The van der Waals surface area contributed by atoms with Crippen molar-refractivity contribution >= 4 is 23.2 Å². The van der Waals surface area contributed by atoms with E-state index in [4.69, 9.17) is 0 Å². The Labute approximate surface area is 158 Å². The number of nitrogens with one attached hydrogen (secondary N) is 1. The van der Waals surface area contributed by atoms with Gasteiger partial charge >= 0.3 is 0 Å². The Bertz CT molecular complexity index is 813. The summed E-state index contributed by atoms with van der Waals surface area (Å²) in [4.78, 5) is 29.4. The molecule has 4 nitrogen and oxygen atoms in total. The highest BCUT2D eigenvalue weighted by Gasteiger charge is 2.27. The van der Waals surface area contributed by atoms with Gasteiger partial charge in [0.25, 0.3) is 11.8 Å². The van der Waals surface area contributed by atoms with E-state index in [0.29, 0.717) is 13.1 Å². The Morgan fingerprint density at radius 1 is 1.15 bits per heavy atom. The summed E-state index contributed by atoms with van der Waals surface area (Å²) in [7, 11) is 0. The molecule has 0 bridgehead atoms. The third-order valence-corrected chi connectivity index (χ3v) is 6.69. The highest BCUT2D eigenvalue weighted by Crippen LogP contribution is 2.31. The molecule has 1 aromatic heterocycles. The van der Waals surface area contributed by atoms with E-state index in [1.165, 1.54) is 16.9 Å². The van der Waals surface area contributed by atoms with Crippen LogP contribution in [0.25, 0.3) is 0 Å². The first kappa shape index (κ1) is 17.3. The molecule has 136 valence electrons. The summed E-state index contributed by atoms with van der Waals surface area (Å²) in [5, 5.41) is 3.13. The van der Waals surface area contributed by atoms with E-state index in [0.717, 1.165) is 41.7 Å². The molecule has 0 saturated carbocycles. The van der Waals surface area contributed by atoms with Crippen LogP contribution in [0.5, 0.6) is 0 Å². The van der Waals surface area contributed by atoms with Crippen molar-refractivity contribution in [2.75, 3.05) is 13.1 Å². The van der Waals surface area contributed by atoms with Crippen LogP contribution in [-0.4, -0.2) is 35.8 Å². The lowest BCUT2D eigenvalue weighted by atomic mass is 10.0. The van der Waals surface area contributed by atoms with E-state index >= 15 is 0 Å². The van der Waals surface area contributed by atoms with Crippen LogP contribution in [0.4, 0.5) is 0 Å². The molecule has 2 aromatic rings. The van der Waals surface area contributed by atoms with Crippen molar-refractivity contribution in [2.24, 2.45) is 0 Å². The molecule has 26 heavy (non-hydrogen) atoms. The Kier molecular flexibility index (Phi) is 4.81. The van der Waals surface area contributed by atoms with Crippen LogP contribution in [0, 0.1) is 6.92 Å². The number of carbonyl (C=O) groups excluding carboxylic acids is 2. The lowest BCUT2D eigenvalue weighted by Gasteiger charge is -2.32. The third-order valence-electron chi connectivity index (χ3n) is 5.46. The predicted octanol–water partition coefficient (Wildman–Crippen LogP) is 3.58. The van der Waals surface area contributed by atoms with Gasteiger partial charge in [0.2, 0.25) is 0 Å². The van der Waals surface area contributed by atoms with Gasteiger partial charge in [0.05, 0.1) is 4.88 Å². The molecule has 1 aliphatic heterocycles. The Morgan fingerprint density at radius 2 is 1.92 bits per heavy atom. The molecule has 0 atom stereocenters. The molecule has 0 radical (unpaired) electrons. The summed E-state index contributed by atoms with van der Waals surface area (Å²) in [5.41, 5.74) is 3.10. The lowest BCUT2D eigenvalue weighted by molar-refractivity contribution is 0.0702. The maximum atomic E-state index is 12.7. The fraction of sp³-hybridized carbons (Fsp3) is 0.429. The largest absolute Gasteiger partial charge is 0.349 e. The summed E-state index contributed by atoms with van der Waals surface area (Å²) in [6, 6.07) is 9.88. The average molecular weight is 369 g/mol. The Balaban J connectivity index is 1.33. The van der Waals surface area contributed by atoms with Crippen LogP contribution in [-0.2, 0) is 12.8 Å². The molecule has 4 rings (SSSR count). The summed E-state index contributed by atoms with van der Waals surface area (Å²) < 4.78 is 0. The highest BCUT2D eigenvalue weighted by molar-refractivity contribution is 7.14. The van der Waals surface area contributed by atoms with Gasteiger partial charge in [-0.15, -0.1) is 11.3 Å². The number of hydrogen-bond acceptors (Lipinski definition) is 3. The first-order chi connectivity index (χ1) is 12.6. The standard InChI is InChI=1S/C21H24N2O2S/c1-14-5-2-3-7-17(14)20(24)22-16-9-11-23(12-10-16)21(25)19-13-15-6-4-8-18(15)26-19/h2-3,5,7,13,16H,4,6,8-12H2,1H3,(H,22,24). The second-order valence-electron chi connectivity index (χ2n) is 7.27. The van der Waals surface area contributed by atoms with Crippen molar-refractivity contribution in [3.8, 4) is 0 Å². The number of benzene rings is 1. The minimum atomic E-state index is -0.0115. The van der Waals surface area contributed by atoms with Gasteiger partial charge in [-0.05, 0) is 62.3 Å². The van der Waals surface area contributed by atoms with Crippen LogP contribution in [0.15, 0.2) is 30.3 Å². The minimum absolute atomic E-state index is 0.0115. The molecule has 2 amide bonds. The quantitative estimate of drug-likeness (QED) is 0.900. The fourth-order valence-corrected chi connectivity index (χ4v) is 5.13. The molecule has 2 aliphatic rings. The van der Waals surface area contributed by atoms with Gasteiger partial charge in [0.15, 0.2) is 0 Å². The van der Waals surface area contributed by atoms with Crippen LogP contribution in [0.3, 0.4) is 0 Å². The summed E-state index contributed by atoms with van der Waals surface area (Å²) in [6.45, 7) is 3.37. The van der Waals surface area contributed by atoms with Gasteiger partial charge in [-0.1, -0.05) is 18.2 Å². The number of rotatable bonds is 3. The van der Waals surface area contributed by atoms with Crippen molar-refractivity contribution < 1.29 is 9.59 Å². The second kappa shape index (κ2) is 7.23. The van der Waals surface area contributed by atoms with Crippen LogP contribution >= 0.6 is 11.3 Å². The molecule has 2 heterocycles. The lowest BCUT2D eigenvalue weighted by Crippen LogP contribution is -2.46. The van der Waals surface area contributed by atoms with Crippen LogP contribution < -0.4 is 5.32 Å². The Morgan fingerprint density at radius 3 is 2.65 bits per heavy atom. The molecule has 0 spiro atoms. The van der Waals surface area contributed by atoms with Crippen molar-refractivity contribution in [3.63, 3.8) is 0 Å². The highest BCUT2D eigenvalue weighted by atomic mass is 32.1. The minimum Gasteiger partial charge on any atom is -0.349 e. The van der Waals surface area contributed by atoms with E-state index in [-0.39, 0.29) is 17.9 Å². The fourth-order valence-electron chi connectivity index (χ4n) is 3.91. The molecule has 1 aromatic carbocycles. The van der Waals surface area contributed by atoms with Crippen LogP contribution in [0.2, 0.25) is 0 Å². The van der Waals surface area contributed by atoms with E-state index in [1.54, 1.807) is 11.3 Å². The number of amides is 2. The Hall–Kier alpha value is -2.14. The zero-order chi connectivity index (χ0) is 18.1. The van der Waals surface area contributed by atoms with E-state index < -0.39 is 0 Å². The SMILES string of the molecule is Cc1ccccc1C(=O)NC1CCN(C(=O)c2cc3c(s2)CCC3)CC1. The third kappa shape index (κ3) is 3.40. The molecule has 1 N–H and O–H groups in total. The van der Waals surface area contributed by atoms with E-state index in [9.17, 15) is 9.59 Å². The topological polar surface area (TPSA) is 49.4 Å². The number of nitrogens with zero attached hydrogens (tertiary/aromatic N) is 1. The van der Waals surface area contributed by atoms with E-state index in [2.05, 4.69) is 11.4 Å².